The van der Waals surface area contributed by atoms with Crippen molar-refractivity contribution in [2.75, 3.05) is 6.61 Å². The van der Waals surface area contributed by atoms with Gasteiger partial charge >= 0.3 is 16.1 Å². The molecule has 2 aromatic carbocycles. The van der Waals surface area contributed by atoms with Crippen LogP contribution in [0.5, 0.6) is 5.75 Å². The molecular weight excluding hydrogens is 428 g/mol. The molecule has 0 aliphatic heterocycles. The Balaban J connectivity index is 1.57. The van der Waals surface area contributed by atoms with E-state index in [2.05, 4.69) is 5.32 Å². The number of nitrogens with one attached hydrogen (secondary N) is 1. The summed E-state index contributed by atoms with van der Waals surface area (Å²) in [4.78, 5) is 33.6. The third-order valence-corrected chi connectivity index (χ3v) is 5.91. The standard InChI is InChI=1S/C20H20N2O8S/c23-19(21-15-4-1-2-5-15)13-29-20(24)14-8-10-17(11-9-14)30-31(27,28)18-7-3-6-16(12-18)22(25)26/h3,6-12,15H,1-2,4-5,13H2,(H,21,23). The number of nitro benzene ring substituents is 1. The number of carbonyl (C=O) groups is 2. The van der Waals surface area contributed by atoms with Crippen molar-refractivity contribution in [3.8, 4) is 5.75 Å². The van der Waals surface area contributed by atoms with Crippen LogP contribution in [0.15, 0.2) is 53.4 Å². The minimum Gasteiger partial charge on any atom is -0.452 e. The molecule has 11 heteroatoms. The van der Waals surface area contributed by atoms with E-state index >= 15 is 0 Å². The predicted octanol–water partition coefficient (Wildman–Crippen LogP) is 2.58. The number of ether oxygens (including phenoxy) is 1. The average molecular weight is 448 g/mol. The van der Waals surface area contributed by atoms with Gasteiger partial charge in [-0.1, -0.05) is 18.9 Å². The van der Waals surface area contributed by atoms with Gasteiger partial charge in [-0.25, -0.2) is 4.79 Å². The van der Waals surface area contributed by atoms with Gasteiger partial charge in [0.15, 0.2) is 6.61 Å². The van der Waals surface area contributed by atoms with Gasteiger partial charge in [0.25, 0.3) is 11.6 Å². The summed E-state index contributed by atoms with van der Waals surface area (Å²) in [6.07, 6.45) is 3.97. The SMILES string of the molecule is O=C(COC(=O)c1ccc(OS(=O)(=O)c2cccc([N+](=O)[O-])c2)cc1)NC1CCCC1. The number of benzene rings is 2. The van der Waals surface area contributed by atoms with Crippen molar-refractivity contribution in [1.82, 2.24) is 5.32 Å². The molecule has 1 fully saturated rings. The lowest BCUT2D eigenvalue weighted by Crippen LogP contribution is -2.35. The van der Waals surface area contributed by atoms with Gasteiger partial charge in [0.2, 0.25) is 0 Å². The van der Waals surface area contributed by atoms with Crippen LogP contribution in [0.25, 0.3) is 0 Å². The molecule has 0 bridgehead atoms. The van der Waals surface area contributed by atoms with Gasteiger partial charge in [-0.3, -0.25) is 14.9 Å². The van der Waals surface area contributed by atoms with Gasteiger partial charge in [-0.2, -0.15) is 8.42 Å². The fourth-order valence-electron chi connectivity index (χ4n) is 3.13. The fourth-order valence-corrected chi connectivity index (χ4v) is 4.10. The lowest BCUT2D eigenvalue weighted by Gasteiger charge is -2.12. The van der Waals surface area contributed by atoms with Gasteiger partial charge in [-0.05, 0) is 43.2 Å². The van der Waals surface area contributed by atoms with E-state index in [0.717, 1.165) is 37.8 Å². The summed E-state index contributed by atoms with van der Waals surface area (Å²) in [6.45, 7) is -0.408. The predicted molar refractivity (Wildman–Crippen MR) is 108 cm³/mol. The van der Waals surface area contributed by atoms with Crippen molar-refractivity contribution >= 4 is 27.7 Å². The first-order chi connectivity index (χ1) is 14.7. The molecule has 31 heavy (non-hydrogen) atoms. The Morgan fingerprint density at radius 1 is 1.10 bits per heavy atom. The Morgan fingerprint density at radius 2 is 1.77 bits per heavy atom. The van der Waals surface area contributed by atoms with E-state index in [1.807, 2.05) is 0 Å². The van der Waals surface area contributed by atoms with E-state index in [1.165, 1.54) is 36.4 Å². The fraction of sp³-hybridized carbons (Fsp3) is 0.300. The summed E-state index contributed by atoms with van der Waals surface area (Å²) in [5.41, 5.74) is -0.284. The second-order valence-corrected chi connectivity index (χ2v) is 8.49. The number of non-ortho nitro benzene ring substituents is 1. The van der Waals surface area contributed by atoms with Crippen molar-refractivity contribution in [2.45, 2.75) is 36.6 Å². The second kappa shape index (κ2) is 9.56. The number of nitro groups is 1. The largest absolute Gasteiger partial charge is 0.452 e. The van der Waals surface area contributed by atoms with Gasteiger partial charge < -0.3 is 14.2 Å². The molecule has 0 saturated heterocycles. The van der Waals surface area contributed by atoms with Crippen molar-refractivity contribution in [2.24, 2.45) is 0 Å². The molecule has 1 aliphatic rings. The van der Waals surface area contributed by atoms with E-state index in [9.17, 15) is 28.1 Å². The highest BCUT2D eigenvalue weighted by molar-refractivity contribution is 7.87. The summed E-state index contributed by atoms with van der Waals surface area (Å²) in [6, 6.07) is 9.63. The highest BCUT2D eigenvalue weighted by Gasteiger charge is 2.21. The molecule has 1 saturated carbocycles. The van der Waals surface area contributed by atoms with Crippen LogP contribution in [0.2, 0.25) is 0 Å². The van der Waals surface area contributed by atoms with Crippen LogP contribution in [0, 0.1) is 10.1 Å². The Morgan fingerprint density at radius 3 is 2.42 bits per heavy atom. The highest BCUT2D eigenvalue weighted by atomic mass is 32.2. The number of carbonyl (C=O) groups excluding carboxylic acids is 2. The van der Waals surface area contributed by atoms with Gasteiger partial charge in [0.05, 0.1) is 10.5 Å². The normalized spacial score (nSPS) is 14.1. The van der Waals surface area contributed by atoms with Crippen LogP contribution in [0.3, 0.4) is 0 Å². The maximum absolute atomic E-state index is 12.3. The zero-order valence-electron chi connectivity index (χ0n) is 16.4. The Hall–Kier alpha value is -3.47. The molecule has 3 rings (SSSR count). The molecular formula is C20H20N2O8S. The quantitative estimate of drug-likeness (QED) is 0.281. The molecule has 2 aromatic rings. The van der Waals surface area contributed by atoms with Crippen molar-refractivity contribution in [1.29, 1.82) is 0 Å². The number of rotatable bonds is 8. The summed E-state index contributed by atoms with van der Waals surface area (Å²) in [7, 11) is -4.31. The van der Waals surface area contributed by atoms with Crippen LogP contribution in [-0.2, 0) is 19.6 Å². The summed E-state index contributed by atoms with van der Waals surface area (Å²) in [5, 5.41) is 13.6. The molecule has 164 valence electrons. The molecule has 0 aromatic heterocycles. The van der Waals surface area contributed by atoms with Crippen molar-refractivity contribution in [3.05, 3.63) is 64.2 Å². The van der Waals surface area contributed by atoms with Crippen LogP contribution >= 0.6 is 0 Å². The number of hydrogen-bond donors (Lipinski definition) is 1. The van der Waals surface area contributed by atoms with Crippen LogP contribution in [0.1, 0.15) is 36.0 Å². The van der Waals surface area contributed by atoms with E-state index in [-0.39, 0.29) is 33.8 Å². The number of esters is 1. The van der Waals surface area contributed by atoms with E-state index in [4.69, 9.17) is 8.92 Å². The Kier molecular flexibility index (Phi) is 6.85. The molecule has 1 aliphatic carbocycles. The zero-order chi connectivity index (χ0) is 22.4. The zero-order valence-corrected chi connectivity index (χ0v) is 17.2. The van der Waals surface area contributed by atoms with Crippen molar-refractivity contribution < 1.29 is 31.9 Å². The third-order valence-electron chi connectivity index (χ3n) is 4.67. The van der Waals surface area contributed by atoms with E-state index in [1.54, 1.807) is 0 Å². The highest BCUT2D eigenvalue weighted by Crippen LogP contribution is 2.22. The maximum atomic E-state index is 12.3. The first-order valence-corrected chi connectivity index (χ1v) is 10.9. The van der Waals surface area contributed by atoms with Crippen LogP contribution < -0.4 is 9.50 Å². The van der Waals surface area contributed by atoms with Crippen molar-refractivity contribution in [3.63, 3.8) is 0 Å². The Bertz CT molecular complexity index is 1080. The molecule has 0 heterocycles. The van der Waals surface area contributed by atoms with Crippen LogP contribution in [-0.4, -0.2) is 37.9 Å². The molecule has 0 radical (unpaired) electrons. The second-order valence-electron chi connectivity index (χ2n) is 6.94. The van der Waals surface area contributed by atoms with E-state index in [0.29, 0.717) is 0 Å². The summed E-state index contributed by atoms with van der Waals surface area (Å²) >= 11 is 0. The van der Waals surface area contributed by atoms with E-state index < -0.39 is 27.6 Å². The van der Waals surface area contributed by atoms with Gasteiger partial charge in [0, 0.05) is 18.2 Å². The maximum Gasteiger partial charge on any atom is 0.339 e. The van der Waals surface area contributed by atoms with Crippen LogP contribution in [0.4, 0.5) is 5.69 Å². The summed E-state index contributed by atoms with van der Waals surface area (Å²) in [5.74, 6) is -1.21. The van der Waals surface area contributed by atoms with Gasteiger partial charge in [-0.15, -0.1) is 0 Å². The first-order valence-electron chi connectivity index (χ1n) is 9.50. The monoisotopic (exact) mass is 448 g/mol. The molecule has 10 nitrogen and oxygen atoms in total. The minimum atomic E-state index is -4.31. The lowest BCUT2D eigenvalue weighted by atomic mass is 10.2. The molecule has 1 amide bonds. The smallest absolute Gasteiger partial charge is 0.339 e. The third kappa shape index (κ3) is 6.01. The molecule has 1 N–H and O–H groups in total. The molecule has 0 unspecified atom stereocenters. The molecule has 0 atom stereocenters. The Labute approximate surface area is 178 Å². The number of amides is 1. The number of hydrogen-bond acceptors (Lipinski definition) is 8. The minimum absolute atomic E-state index is 0.0953. The lowest BCUT2D eigenvalue weighted by molar-refractivity contribution is -0.385. The topological polar surface area (TPSA) is 142 Å². The number of nitrogens with zero attached hydrogens (tertiary/aromatic N) is 1. The average Bonchev–Trinajstić information content (AvgIpc) is 3.25. The summed E-state index contributed by atoms with van der Waals surface area (Å²) < 4.78 is 34.6. The first kappa shape index (κ1) is 22.2. The van der Waals surface area contributed by atoms with Gasteiger partial charge in [0.1, 0.15) is 10.6 Å². The molecule has 0 spiro atoms.